The van der Waals surface area contributed by atoms with E-state index in [-0.39, 0.29) is 11.7 Å². The molecule has 1 unspecified atom stereocenters. The van der Waals surface area contributed by atoms with Crippen LogP contribution in [-0.2, 0) is 6.42 Å². The highest BCUT2D eigenvalue weighted by Crippen LogP contribution is 2.37. The van der Waals surface area contributed by atoms with E-state index in [4.69, 9.17) is 9.52 Å². The summed E-state index contributed by atoms with van der Waals surface area (Å²) >= 11 is 0. The van der Waals surface area contributed by atoms with Crippen molar-refractivity contribution in [1.29, 1.82) is 0 Å². The lowest BCUT2D eigenvalue weighted by molar-refractivity contribution is 0.0690. The van der Waals surface area contributed by atoms with Gasteiger partial charge in [-0.15, -0.1) is 0 Å². The molecule has 0 saturated carbocycles. The van der Waals surface area contributed by atoms with Crippen LogP contribution in [0.25, 0.3) is 0 Å². The van der Waals surface area contributed by atoms with Gasteiger partial charge < -0.3 is 9.52 Å². The van der Waals surface area contributed by atoms with E-state index in [0.717, 1.165) is 12.1 Å². The molecule has 1 aliphatic rings. The van der Waals surface area contributed by atoms with Crippen molar-refractivity contribution >= 4 is 17.7 Å². The normalized spacial score (nSPS) is 17.8. The van der Waals surface area contributed by atoms with Gasteiger partial charge in [-0.25, -0.2) is 4.79 Å². The standard InChI is InChI=1S/C13H12N2O3/c1-8-6-9-4-2-3-5-11(9)15(8)13-14-10(7-18-13)12(16)17/h2-5,7-8H,6H2,1H3,(H,16,17). The van der Waals surface area contributed by atoms with Gasteiger partial charge in [0.05, 0.1) is 0 Å². The molecular weight excluding hydrogens is 232 g/mol. The van der Waals surface area contributed by atoms with Crippen molar-refractivity contribution in [2.45, 2.75) is 19.4 Å². The maximum absolute atomic E-state index is 10.8. The second-order valence-corrected chi connectivity index (χ2v) is 4.37. The topological polar surface area (TPSA) is 66.6 Å². The highest BCUT2D eigenvalue weighted by atomic mass is 16.4. The number of aromatic carboxylic acids is 1. The van der Waals surface area contributed by atoms with Gasteiger partial charge in [-0.2, -0.15) is 4.98 Å². The van der Waals surface area contributed by atoms with Gasteiger partial charge in [0, 0.05) is 11.7 Å². The summed E-state index contributed by atoms with van der Waals surface area (Å²) < 4.78 is 5.27. The first-order valence-corrected chi connectivity index (χ1v) is 5.73. The van der Waals surface area contributed by atoms with Crippen LogP contribution in [0.4, 0.5) is 11.7 Å². The number of carbonyl (C=O) groups is 1. The van der Waals surface area contributed by atoms with Gasteiger partial charge in [0.15, 0.2) is 5.69 Å². The molecule has 0 fully saturated rings. The van der Waals surface area contributed by atoms with Crippen LogP contribution < -0.4 is 4.90 Å². The molecule has 5 heteroatoms. The molecule has 5 nitrogen and oxygen atoms in total. The van der Waals surface area contributed by atoms with Crippen LogP contribution in [0.3, 0.4) is 0 Å². The maximum Gasteiger partial charge on any atom is 0.357 e. The Morgan fingerprint density at radius 1 is 1.50 bits per heavy atom. The Morgan fingerprint density at radius 2 is 2.28 bits per heavy atom. The second kappa shape index (κ2) is 3.87. The van der Waals surface area contributed by atoms with Gasteiger partial charge >= 0.3 is 12.0 Å². The van der Waals surface area contributed by atoms with E-state index in [1.165, 1.54) is 11.8 Å². The molecular formula is C13H12N2O3. The maximum atomic E-state index is 10.8. The fourth-order valence-corrected chi connectivity index (χ4v) is 2.33. The fourth-order valence-electron chi connectivity index (χ4n) is 2.33. The van der Waals surface area contributed by atoms with Gasteiger partial charge in [0.2, 0.25) is 0 Å². The van der Waals surface area contributed by atoms with E-state index in [2.05, 4.69) is 18.0 Å². The molecule has 3 rings (SSSR count). The smallest absolute Gasteiger partial charge is 0.357 e. The van der Waals surface area contributed by atoms with Crippen LogP contribution >= 0.6 is 0 Å². The van der Waals surface area contributed by atoms with Gasteiger partial charge in [-0.3, -0.25) is 4.90 Å². The predicted molar refractivity (Wildman–Crippen MR) is 65.2 cm³/mol. The SMILES string of the molecule is CC1Cc2ccccc2N1c1nc(C(=O)O)co1. The number of para-hydroxylation sites is 1. The molecule has 0 aliphatic carbocycles. The zero-order chi connectivity index (χ0) is 12.7. The lowest BCUT2D eigenvalue weighted by Crippen LogP contribution is -2.24. The molecule has 2 heterocycles. The van der Waals surface area contributed by atoms with Crippen molar-refractivity contribution in [1.82, 2.24) is 4.98 Å². The average molecular weight is 244 g/mol. The summed E-state index contributed by atoms with van der Waals surface area (Å²) in [6, 6.07) is 8.54. The lowest BCUT2D eigenvalue weighted by atomic mass is 10.1. The minimum Gasteiger partial charge on any atom is -0.476 e. The summed E-state index contributed by atoms with van der Waals surface area (Å²) in [4.78, 5) is 16.7. The van der Waals surface area contributed by atoms with Crippen molar-refractivity contribution in [3.05, 3.63) is 41.8 Å². The van der Waals surface area contributed by atoms with Crippen LogP contribution in [0.5, 0.6) is 0 Å². The molecule has 0 amide bonds. The fraction of sp³-hybridized carbons (Fsp3) is 0.231. The molecule has 1 N–H and O–H groups in total. The molecule has 0 radical (unpaired) electrons. The summed E-state index contributed by atoms with van der Waals surface area (Å²) in [5.74, 6) is -1.08. The average Bonchev–Trinajstić information content (AvgIpc) is 2.91. The number of nitrogens with zero attached hydrogens (tertiary/aromatic N) is 2. The van der Waals surface area contributed by atoms with Crippen LogP contribution in [0.2, 0.25) is 0 Å². The minimum absolute atomic E-state index is 0.0680. The molecule has 18 heavy (non-hydrogen) atoms. The second-order valence-electron chi connectivity index (χ2n) is 4.37. The van der Waals surface area contributed by atoms with Crippen molar-refractivity contribution in [2.24, 2.45) is 0 Å². The quantitative estimate of drug-likeness (QED) is 0.878. The summed E-state index contributed by atoms with van der Waals surface area (Å²) in [7, 11) is 0. The van der Waals surface area contributed by atoms with E-state index in [1.54, 1.807) is 0 Å². The monoisotopic (exact) mass is 244 g/mol. The summed E-state index contributed by atoms with van der Waals surface area (Å²) in [6.45, 7) is 2.06. The van der Waals surface area contributed by atoms with E-state index >= 15 is 0 Å². The lowest BCUT2D eigenvalue weighted by Gasteiger charge is -2.19. The van der Waals surface area contributed by atoms with Crippen molar-refractivity contribution in [3.8, 4) is 0 Å². The molecule has 2 aromatic rings. The number of anilines is 2. The van der Waals surface area contributed by atoms with Crippen LogP contribution in [-0.4, -0.2) is 22.1 Å². The summed E-state index contributed by atoms with van der Waals surface area (Å²) in [5, 5.41) is 8.86. The number of aromatic nitrogens is 1. The number of fused-ring (bicyclic) bond motifs is 1. The molecule has 1 aliphatic heterocycles. The van der Waals surface area contributed by atoms with Gasteiger partial charge in [-0.1, -0.05) is 18.2 Å². The Kier molecular flexibility index (Phi) is 2.33. The van der Waals surface area contributed by atoms with Gasteiger partial charge in [0.1, 0.15) is 6.26 Å². The molecule has 1 atom stereocenters. The third-order valence-corrected chi connectivity index (χ3v) is 3.12. The van der Waals surface area contributed by atoms with Gasteiger partial charge in [-0.05, 0) is 25.0 Å². The highest BCUT2D eigenvalue weighted by Gasteiger charge is 2.30. The van der Waals surface area contributed by atoms with Crippen LogP contribution in [0, 0.1) is 0 Å². The largest absolute Gasteiger partial charge is 0.476 e. The molecule has 0 spiro atoms. The Bertz CT molecular complexity index is 606. The zero-order valence-corrected chi connectivity index (χ0v) is 9.83. The Hall–Kier alpha value is -2.30. The summed E-state index contributed by atoms with van der Waals surface area (Å²) in [6.07, 6.45) is 2.08. The molecule has 1 aromatic heterocycles. The van der Waals surface area contributed by atoms with E-state index in [9.17, 15) is 4.79 Å². The van der Waals surface area contributed by atoms with Crippen LogP contribution in [0.1, 0.15) is 23.0 Å². The van der Waals surface area contributed by atoms with Crippen molar-refractivity contribution < 1.29 is 14.3 Å². The zero-order valence-electron chi connectivity index (χ0n) is 9.83. The van der Waals surface area contributed by atoms with Crippen molar-refractivity contribution in [3.63, 3.8) is 0 Å². The first-order chi connectivity index (χ1) is 8.66. The van der Waals surface area contributed by atoms with E-state index < -0.39 is 5.97 Å². The Balaban J connectivity index is 2.03. The molecule has 1 aromatic carbocycles. The molecule has 92 valence electrons. The van der Waals surface area contributed by atoms with Crippen molar-refractivity contribution in [2.75, 3.05) is 4.90 Å². The number of hydrogen-bond acceptors (Lipinski definition) is 4. The third kappa shape index (κ3) is 1.55. The predicted octanol–water partition coefficient (Wildman–Crippen LogP) is 2.46. The number of carboxylic acids is 1. The summed E-state index contributed by atoms with van der Waals surface area (Å²) in [5.41, 5.74) is 2.19. The van der Waals surface area contributed by atoms with E-state index in [0.29, 0.717) is 6.01 Å². The number of oxazole rings is 1. The van der Waals surface area contributed by atoms with E-state index in [1.807, 2.05) is 23.1 Å². The minimum atomic E-state index is -1.08. The third-order valence-electron chi connectivity index (χ3n) is 3.12. The number of carboxylic acid groups (broad SMARTS) is 1. The number of rotatable bonds is 2. The van der Waals surface area contributed by atoms with Gasteiger partial charge in [0.25, 0.3) is 0 Å². The molecule has 0 saturated heterocycles. The number of benzene rings is 1. The van der Waals surface area contributed by atoms with Crippen LogP contribution in [0.15, 0.2) is 34.9 Å². The first-order valence-electron chi connectivity index (χ1n) is 5.73. The number of hydrogen-bond donors (Lipinski definition) is 1. The first kappa shape index (κ1) is 10.8. The molecule has 0 bridgehead atoms. The Morgan fingerprint density at radius 3 is 3.00 bits per heavy atom. The Labute approximate surface area is 104 Å². The highest BCUT2D eigenvalue weighted by molar-refractivity contribution is 5.85.